The highest BCUT2D eigenvalue weighted by Crippen LogP contribution is 2.30. The number of carbonyl (C=O) groups excluding carboxylic acids is 1. The number of hydrogen-bond donors (Lipinski definition) is 1. The van der Waals surface area contributed by atoms with Crippen molar-refractivity contribution in [2.75, 3.05) is 12.8 Å². The number of carbonyl (C=O) groups is 1. The SMILES string of the molecule is CC1CCC(N(C)C(=O)c2cccc([N+](=O)[O-])c2N)CC1. The third-order valence-electron chi connectivity index (χ3n) is 4.36. The van der Waals surface area contributed by atoms with Gasteiger partial charge in [0.1, 0.15) is 5.69 Å². The van der Waals surface area contributed by atoms with E-state index in [-0.39, 0.29) is 28.9 Å². The Morgan fingerprint density at radius 1 is 1.33 bits per heavy atom. The molecule has 1 aliphatic rings. The van der Waals surface area contributed by atoms with E-state index in [9.17, 15) is 14.9 Å². The van der Waals surface area contributed by atoms with Crippen LogP contribution in [-0.4, -0.2) is 28.8 Å². The van der Waals surface area contributed by atoms with Crippen molar-refractivity contribution in [2.24, 2.45) is 5.92 Å². The van der Waals surface area contributed by atoms with Crippen LogP contribution >= 0.6 is 0 Å². The Hall–Kier alpha value is -2.11. The lowest BCUT2D eigenvalue weighted by atomic mass is 9.86. The van der Waals surface area contributed by atoms with Crippen molar-refractivity contribution in [1.82, 2.24) is 4.90 Å². The Labute approximate surface area is 124 Å². The fraction of sp³-hybridized carbons (Fsp3) is 0.533. The number of nitro groups is 1. The number of amides is 1. The molecular formula is C15H21N3O3. The smallest absolute Gasteiger partial charge is 0.292 e. The number of nitrogens with two attached hydrogens (primary N) is 1. The van der Waals surface area contributed by atoms with Gasteiger partial charge in [-0.15, -0.1) is 0 Å². The highest BCUT2D eigenvalue weighted by molar-refractivity contribution is 6.01. The van der Waals surface area contributed by atoms with Crippen LogP contribution < -0.4 is 5.73 Å². The van der Waals surface area contributed by atoms with Crippen LogP contribution in [0.2, 0.25) is 0 Å². The van der Waals surface area contributed by atoms with E-state index in [1.165, 1.54) is 12.1 Å². The molecule has 2 rings (SSSR count). The van der Waals surface area contributed by atoms with Gasteiger partial charge in [0.05, 0.1) is 10.5 Å². The summed E-state index contributed by atoms with van der Waals surface area (Å²) in [5, 5.41) is 10.9. The van der Waals surface area contributed by atoms with Crippen molar-refractivity contribution in [1.29, 1.82) is 0 Å². The van der Waals surface area contributed by atoms with Gasteiger partial charge in [-0.3, -0.25) is 14.9 Å². The summed E-state index contributed by atoms with van der Waals surface area (Å²) in [5.74, 6) is 0.461. The predicted molar refractivity (Wildman–Crippen MR) is 81.0 cm³/mol. The molecule has 0 bridgehead atoms. The fourth-order valence-electron chi connectivity index (χ4n) is 2.88. The molecule has 0 heterocycles. The molecule has 0 spiro atoms. The quantitative estimate of drug-likeness (QED) is 0.527. The van der Waals surface area contributed by atoms with E-state index in [1.807, 2.05) is 0 Å². The van der Waals surface area contributed by atoms with E-state index in [0.717, 1.165) is 25.7 Å². The molecule has 0 aromatic heterocycles. The summed E-state index contributed by atoms with van der Waals surface area (Å²) >= 11 is 0. The lowest BCUT2D eigenvalue weighted by Crippen LogP contribution is -2.39. The van der Waals surface area contributed by atoms with Gasteiger partial charge in [0.25, 0.3) is 11.6 Å². The van der Waals surface area contributed by atoms with Gasteiger partial charge in [0.2, 0.25) is 0 Å². The van der Waals surface area contributed by atoms with Gasteiger partial charge in [-0.2, -0.15) is 0 Å². The van der Waals surface area contributed by atoms with Crippen molar-refractivity contribution in [3.63, 3.8) is 0 Å². The van der Waals surface area contributed by atoms with Gasteiger partial charge >= 0.3 is 0 Å². The number of anilines is 1. The van der Waals surface area contributed by atoms with Crippen LogP contribution in [0.4, 0.5) is 11.4 Å². The fourth-order valence-corrected chi connectivity index (χ4v) is 2.88. The van der Waals surface area contributed by atoms with Gasteiger partial charge in [-0.25, -0.2) is 0 Å². The predicted octanol–water partition coefficient (Wildman–Crippen LogP) is 2.83. The van der Waals surface area contributed by atoms with Gasteiger partial charge < -0.3 is 10.6 Å². The molecule has 1 saturated carbocycles. The van der Waals surface area contributed by atoms with E-state index in [1.54, 1.807) is 18.0 Å². The van der Waals surface area contributed by atoms with Gasteiger partial charge in [-0.1, -0.05) is 13.0 Å². The Balaban J connectivity index is 2.20. The average Bonchev–Trinajstić information content (AvgIpc) is 2.46. The molecule has 6 nitrogen and oxygen atoms in total. The van der Waals surface area contributed by atoms with Gasteiger partial charge in [0.15, 0.2) is 0 Å². The molecule has 1 aliphatic carbocycles. The first-order valence-corrected chi connectivity index (χ1v) is 7.21. The molecule has 6 heteroatoms. The minimum atomic E-state index is -0.561. The number of nitrogens with zero attached hydrogens (tertiary/aromatic N) is 2. The van der Waals surface area contributed by atoms with Crippen LogP contribution in [-0.2, 0) is 0 Å². The Morgan fingerprint density at radius 2 is 1.95 bits per heavy atom. The second-order valence-corrected chi connectivity index (χ2v) is 5.83. The van der Waals surface area contributed by atoms with E-state index in [2.05, 4.69) is 6.92 Å². The number of nitro benzene ring substituents is 1. The zero-order valence-corrected chi connectivity index (χ0v) is 12.4. The molecule has 0 aliphatic heterocycles. The average molecular weight is 291 g/mol. The molecule has 21 heavy (non-hydrogen) atoms. The first kappa shape index (κ1) is 15.3. The first-order chi connectivity index (χ1) is 9.91. The summed E-state index contributed by atoms with van der Waals surface area (Å²) in [6.45, 7) is 2.22. The number of nitrogen functional groups attached to an aromatic ring is 1. The molecular weight excluding hydrogens is 270 g/mol. The second kappa shape index (κ2) is 6.11. The van der Waals surface area contributed by atoms with E-state index in [0.29, 0.717) is 5.92 Å². The molecule has 1 aromatic carbocycles. The van der Waals surface area contributed by atoms with Crippen LogP contribution in [0.3, 0.4) is 0 Å². The largest absolute Gasteiger partial charge is 0.393 e. The van der Waals surface area contributed by atoms with Crippen LogP contribution in [0.25, 0.3) is 0 Å². The van der Waals surface area contributed by atoms with E-state index < -0.39 is 4.92 Å². The van der Waals surface area contributed by atoms with Crippen molar-refractivity contribution in [3.8, 4) is 0 Å². The van der Waals surface area contributed by atoms with E-state index in [4.69, 9.17) is 5.73 Å². The summed E-state index contributed by atoms with van der Waals surface area (Å²) in [6.07, 6.45) is 4.15. The van der Waals surface area contributed by atoms with Crippen LogP contribution in [0, 0.1) is 16.0 Å². The molecule has 1 amide bonds. The number of rotatable bonds is 3. The Kier molecular flexibility index (Phi) is 4.45. The zero-order valence-electron chi connectivity index (χ0n) is 12.4. The summed E-state index contributed by atoms with van der Waals surface area (Å²) in [6, 6.07) is 4.55. The van der Waals surface area contributed by atoms with Crippen LogP contribution in [0.15, 0.2) is 18.2 Å². The molecule has 0 radical (unpaired) electrons. The lowest BCUT2D eigenvalue weighted by molar-refractivity contribution is -0.383. The summed E-state index contributed by atoms with van der Waals surface area (Å²) in [4.78, 5) is 24.6. The summed E-state index contributed by atoms with van der Waals surface area (Å²) in [5.41, 5.74) is 5.73. The summed E-state index contributed by atoms with van der Waals surface area (Å²) in [7, 11) is 1.75. The monoisotopic (exact) mass is 291 g/mol. The second-order valence-electron chi connectivity index (χ2n) is 5.83. The Morgan fingerprint density at radius 3 is 2.52 bits per heavy atom. The minimum absolute atomic E-state index is 0.0523. The highest BCUT2D eigenvalue weighted by atomic mass is 16.6. The van der Waals surface area contributed by atoms with Crippen molar-refractivity contribution < 1.29 is 9.72 Å². The topological polar surface area (TPSA) is 89.5 Å². The summed E-state index contributed by atoms with van der Waals surface area (Å²) < 4.78 is 0. The standard InChI is InChI=1S/C15H21N3O3/c1-10-6-8-11(9-7-10)17(2)15(19)12-4-3-5-13(14(12)16)18(20)21/h3-5,10-11H,6-9,16H2,1-2H3. The van der Waals surface area contributed by atoms with Crippen molar-refractivity contribution in [3.05, 3.63) is 33.9 Å². The van der Waals surface area contributed by atoms with E-state index >= 15 is 0 Å². The Bertz CT molecular complexity index is 551. The molecule has 0 saturated heterocycles. The van der Waals surface area contributed by atoms with Crippen molar-refractivity contribution >= 4 is 17.3 Å². The maximum Gasteiger partial charge on any atom is 0.292 e. The first-order valence-electron chi connectivity index (χ1n) is 7.21. The van der Waals surface area contributed by atoms with Gasteiger partial charge in [0, 0.05) is 19.2 Å². The minimum Gasteiger partial charge on any atom is -0.393 e. The highest BCUT2D eigenvalue weighted by Gasteiger charge is 2.28. The van der Waals surface area contributed by atoms with Crippen LogP contribution in [0.1, 0.15) is 43.0 Å². The van der Waals surface area contributed by atoms with Crippen LogP contribution in [0.5, 0.6) is 0 Å². The lowest BCUT2D eigenvalue weighted by Gasteiger charge is -2.33. The molecule has 1 aromatic rings. The maximum absolute atomic E-state index is 12.5. The molecule has 2 N–H and O–H groups in total. The third-order valence-corrected chi connectivity index (χ3v) is 4.36. The number of benzene rings is 1. The maximum atomic E-state index is 12.5. The number of hydrogen-bond acceptors (Lipinski definition) is 4. The van der Waals surface area contributed by atoms with Gasteiger partial charge in [-0.05, 0) is 37.7 Å². The zero-order chi connectivity index (χ0) is 15.6. The third kappa shape index (κ3) is 3.15. The molecule has 1 fully saturated rings. The molecule has 114 valence electrons. The van der Waals surface area contributed by atoms with Crippen molar-refractivity contribution in [2.45, 2.75) is 38.6 Å². The molecule has 0 unspecified atom stereocenters. The molecule has 0 atom stereocenters. The number of para-hydroxylation sites is 1. The normalized spacial score (nSPS) is 21.8.